The van der Waals surface area contributed by atoms with Gasteiger partial charge in [0.2, 0.25) is 0 Å². The Hall–Kier alpha value is -1.02. The predicted molar refractivity (Wildman–Crippen MR) is 76.0 cm³/mol. The fraction of sp³-hybridized carbons (Fsp3) is 0.625. The number of hydrogen-bond acceptors (Lipinski definition) is 2. The Balaban J connectivity index is 1.79. The quantitative estimate of drug-likeness (QED) is 0.864. The van der Waals surface area contributed by atoms with Gasteiger partial charge in [-0.2, -0.15) is 0 Å². The third-order valence-electron chi connectivity index (χ3n) is 3.67. The fourth-order valence-electron chi connectivity index (χ4n) is 2.12. The molecule has 0 saturated heterocycles. The van der Waals surface area contributed by atoms with Gasteiger partial charge >= 0.3 is 0 Å². The van der Waals surface area contributed by atoms with Crippen molar-refractivity contribution in [1.82, 2.24) is 0 Å². The highest BCUT2D eigenvalue weighted by Crippen LogP contribution is 2.32. The topological polar surface area (TPSA) is 35.2 Å². The minimum absolute atomic E-state index is 0.201. The van der Waals surface area contributed by atoms with Crippen LogP contribution in [0.3, 0.4) is 0 Å². The smallest absolute Gasteiger partial charge is 0.119 e. The largest absolute Gasteiger partial charge is 0.494 e. The monoisotopic (exact) mass is 247 g/mol. The van der Waals surface area contributed by atoms with Gasteiger partial charge in [0.1, 0.15) is 5.75 Å². The van der Waals surface area contributed by atoms with Crippen molar-refractivity contribution in [2.45, 2.75) is 51.5 Å². The van der Waals surface area contributed by atoms with E-state index in [1.165, 1.54) is 18.4 Å². The summed E-state index contributed by atoms with van der Waals surface area (Å²) in [5, 5.41) is 0. The molecule has 1 aliphatic carbocycles. The Morgan fingerprint density at radius 3 is 2.33 bits per heavy atom. The van der Waals surface area contributed by atoms with Crippen molar-refractivity contribution in [3.8, 4) is 5.75 Å². The zero-order valence-electron chi connectivity index (χ0n) is 11.8. The van der Waals surface area contributed by atoms with Gasteiger partial charge in [-0.15, -0.1) is 0 Å². The Kier molecular flexibility index (Phi) is 3.96. The van der Waals surface area contributed by atoms with E-state index >= 15 is 0 Å². The molecule has 2 rings (SSSR count). The summed E-state index contributed by atoms with van der Waals surface area (Å²) in [5.41, 5.74) is 7.58. The maximum Gasteiger partial charge on any atom is 0.119 e. The number of benzene rings is 1. The van der Waals surface area contributed by atoms with Crippen molar-refractivity contribution >= 4 is 0 Å². The van der Waals surface area contributed by atoms with Crippen LogP contribution in [0.15, 0.2) is 24.3 Å². The lowest BCUT2D eigenvalue weighted by atomic mass is 9.87. The van der Waals surface area contributed by atoms with E-state index in [1.807, 2.05) is 0 Å². The van der Waals surface area contributed by atoms with Gasteiger partial charge in [0.25, 0.3) is 0 Å². The molecule has 1 fully saturated rings. The van der Waals surface area contributed by atoms with Gasteiger partial charge in [-0.1, -0.05) is 32.9 Å². The Labute approximate surface area is 111 Å². The second-order valence-corrected chi connectivity index (χ2v) is 6.41. The van der Waals surface area contributed by atoms with Crippen LogP contribution in [0.2, 0.25) is 0 Å². The lowest BCUT2D eigenvalue weighted by Gasteiger charge is -2.19. The molecule has 0 amide bonds. The molecule has 0 spiro atoms. The molecule has 2 nitrogen and oxygen atoms in total. The van der Waals surface area contributed by atoms with Gasteiger partial charge in [-0.05, 0) is 48.3 Å². The average Bonchev–Trinajstić information content (AvgIpc) is 3.12. The van der Waals surface area contributed by atoms with Crippen LogP contribution in [0.4, 0.5) is 0 Å². The normalized spacial score (nSPS) is 17.6. The molecule has 100 valence electrons. The van der Waals surface area contributed by atoms with E-state index in [-0.39, 0.29) is 5.41 Å². The van der Waals surface area contributed by atoms with E-state index in [0.29, 0.717) is 6.04 Å². The van der Waals surface area contributed by atoms with Gasteiger partial charge in [0.05, 0.1) is 6.61 Å². The molecule has 0 aromatic heterocycles. The summed E-state index contributed by atoms with van der Waals surface area (Å²) >= 11 is 0. The Morgan fingerprint density at radius 1 is 1.22 bits per heavy atom. The molecular formula is C16H25NO. The van der Waals surface area contributed by atoms with E-state index < -0.39 is 0 Å². The van der Waals surface area contributed by atoms with Crippen LogP contribution in [0.25, 0.3) is 0 Å². The van der Waals surface area contributed by atoms with Crippen LogP contribution >= 0.6 is 0 Å². The highest BCUT2D eigenvalue weighted by Gasteiger charge is 2.27. The van der Waals surface area contributed by atoms with Crippen molar-refractivity contribution in [1.29, 1.82) is 0 Å². The lowest BCUT2D eigenvalue weighted by Crippen LogP contribution is -2.24. The molecule has 2 N–H and O–H groups in total. The molecule has 1 aliphatic rings. The van der Waals surface area contributed by atoms with Crippen LogP contribution in [0, 0.1) is 5.92 Å². The summed E-state index contributed by atoms with van der Waals surface area (Å²) in [6, 6.07) is 8.75. The van der Waals surface area contributed by atoms with Crippen molar-refractivity contribution < 1.29 is 4.74 Å². The van der Waals surface area contributed by atoms with Gasteiger partial charge in [0.15, 0.2) is 0 Å². The standard InChI is InChI=1S/C16H25NO/c1-16(2,3)13-6-8-14(9-7-13)18-11-10-15(17)12-4-5-12/h6-9,12,15H,4-5,10-11,17H2,1-3H3. The summed E-state index contributed by atoms with van der Waals surface area (Å²) in [4.78, 5) is 0. The summed E-state index contributed by atoms with van der Waals surface area (Å²) < 4.78 is 5.74. The van der Waals surface area contributed by atoms with E-state index in [9.17, 15) is 0 Å². The van der Waals surface area contributed by atoms with Crippen molar-refractivity contribution in [3.05, 3.63) is 29.8 Å². The first kappa shape index (κ1) is 13.4. The van der Waals surface area contributed by atoms with Gasteiger partial charge < -0.3 is 10.5 Å². The highest BCUT2D eigenvalue weighted by molar-refractivity contribution is 5.31. The zero-order chi connectivity index (χ0) is 13.2. The Morgan fingerprint density at radius 2 is 1.83 bits per heavy atom. The second kappa shape index (κ2) is 5.31. The first-order valence-corrected chi connectivity index (χ1v) is 6.96. The van der Waals surface area contributed by atoms with Crippen molar-refractivity contribution in [3.63, 3.8) is 0 Å². The number of hydrogen-bond donors (Lipinski definition) is 1. The van der Waals surface area contributed by atoms with E-state index in [2.05, 4.69) is 45.0 Å². The fourth-order valence-corrected chi connectivity index (χ4v) is 2.12. The van der Waals surface area contributed by atoms with Crippen LogP contribution in [-0.4, -0.2) is 12.6 Å². The molecule has 18 heavy (non-hydrogen) atoms. The summed E-state index contributed by atoms with van der Waals surface area (Å²) in [5.74, 6) is 1.71. The zero-order valence-corrected chi connectivity index (χ0v) is 11.8. The minimum Gasteiger partial charge on any atom is -0.494 e. The molecule has 0 bridgehead atoms. The third-order valence-corrected chi connectivity index (χ3v) is 3.67. The first-order chi connectivity index (χ1) is 8.47. The van der Waals surface area contributed by atoms with Crippen LogP contribution in [0.5, 0.6) is 5.75 Å². The van der Waals surface area contributed by atoms with E-state index in [1.54, 1.807) is 0 Å². The summed E-state index contributed by atoms with van der Waals surface area (Å²) in [6.45, 7) is 7.39. The summed E-state index contributed by atoms with van der Waals surface area (Å²) in [6.07, 6.45) is 3.58. The molecule has 0 heterocycles. The molecule has 1 aromatic rings. The maximum atomic E-state index is 6.04. The predicted octanol–water partition coefficient (Wildman–Crippen LogP) is 3.49. The van der Waals surface area contributed by atoms with Crippen LogP contribution in [-0.2, 0) is 5.41 Å². The van der Waals surface area contributed by atoms with E-state index in [4.69, 9.17) is 10.5 Å². The molecule has 1 aromatic carbocycles. The van der Waals surface area contributed by atoms with Crippen LogP contribution < -0.4 is 10.5 Å². The highest BCUT2D eigenvalue weighted by atomic mass is 16.5. The first-order valence-electron chi connectivity index (χ1n) is 6.96. The number of rotatable bonds is 5. The van der Waals surface area contributed by atoms with Crippen LogP contribution in [0.1, 0.15) is 45.6 Å². The molecule has 1 atom stereocenters. The molecule has 1 saturated carbocycles. The maximum absolute atomic E-state index is 6.04. The Bertz CT molecular complexity index is 373. The average molecular weight is 247 g/mol. The molecule has 0 aliphatic heterocycles. The third kappa shape index (κ3) is 3.74. The van der Waals surface area contributed by atoms with Crippen molar-refractivity contribution in [2.75, 3.05) is 6.61 Å². The molecule has 2 heteroatoms. The number of nitrogens with two attached hydrogens (primary N) is 1. The summed E-state index contributed by atoms with van der Waals surface area (Å²) in [7, 11) is 0. The minimum atomic E-state index is 0.201. The molecule has 0 radical (unpaired) electrons. The van der Waals surface area contributed by atoms with Gasteiger partial charge in [0, 0.05) is 6.04 Å². The number of ether oxygens (including phenoxy) is 1. The molecule has 1 unspecified atom stereocenters. The van der Waals surface area contributed by atoms with E-state index in [0.717, 1.165) is 24.7 Å². The second-order valence-electron chi connectivity index (χ2n) is 6.41. The SMILES string of the molecule is CC(C)(C)c1ccc(OCCC(N)C2CC2)cc1. The lowest BCUT2D eigenvalue weighted by molar-refractivity contribution is 0.291. The van der Waals surface area contributed by atoms with Gasteiger partial charge in [-0.25, -0.2) is 0 Å². The van der Waals surface area contributed by atoms with Crippen molar-refractivity contribution in [2.24, 2.45) is 11.7 Å². The van der Waals surface area contributed by atoms with Gasteiger partial charge in [-0.3, -0.25) is 0 Å². The molecular weight excluding hydrogens is 222 g/mol.